The maximum atomic E-state index is 12.1. The van der Waals surface area contributed by atoms with Gasteiger partial charge in [-0.05, 0) is 65.7 Å². The van der Waals surface area contributed by atoms with E-state index < -0.39 is 45.9 Å². The highest BCUT2D eigenvalue weighted by atomic mass is 32.2. The Bertz CT molecular complexity index is 2950. The van der Waals surface area contributed by atoms with Gasteiger partial charge in [-0.15, -0.1) is 0 Å². The lowest BCUT2D eigenvalue weighted by atomic mass is 10.1. The molecule has 24 heteroatoms. The average molecular weight is 891 g/mol. The van der Waals surface area contributed by atoms with Gasteiger partial charge in [0, 0.05) is 30.2 Å². The number of benzene rings is 5. The third kappa shape index (κ3) is 14.9. The van der Waals surface area contributed by atoms with E-state index in [1.807, 2.05) is 42.5 Å². The highest BCUT2D eigenvalue weighted by Gasteiger charge is 2.21. The van der Waals surface area contributed by atoms with Gasteiger partial charge in [-0.1, -0.05) is 54.6 Å². The number of aromatic nitrogens is 3. The average Bonchev–Trinajstić information content (AvgIpc) is 3.19. The fourth-order valence-electron chi connectivity index (χ4n) is 5.25. The van der Waals surface area contributed by atoms with Gasteiger partial charge in [0.1, 0.15) is 21.4 Å². The van der Waals surface area contributed by atoms with E-state index in [1.54, 1.807) is 36.4 Å². The van der Waals surface area contributed by atoms with Crippen molar-refractivity contribution in [2.45, 2.75) is 22.6 Å². The molecule has 0 saturated heterocycles. The zero-order valence-corrected chi connectivity index (χ0v) is 33.4. The normalized spacial score (nSPS) is 11.5. The van der Waals surface area contributed by atoms with Gasteiger partial charge >= 0.3 is 12.3 Å². The Kier molecular flexibility index (Phi) is 16.2. The van der Waals surface area contributed by atoms with Crippen molar-refractivity contribution in [3.8, 4) is 0 Å². The van der Waals surface area contributed by atoms with Gasteiger partial charge in [0.2, 0.25) is 5.95 Å². The van der Waals surface area contributed by atoms with E-state index in [0.717, 1.165) is 28.9 Å². The van der Waals surface area contributed by atoms with Crippen molar-refractivity contribution in [3.05, 3.63) is 132 Å². The van der Waals surface area contributed by atoms with E-state index in [1.165, 1.54) is 18.2 Å². The molecular weight excluding hydrogens is 861 g/mol. The molecule has 5 aromatic carbocycles. The van der Waals surface area contributed by atoms with E-state index in [0.29, 0.717) is 29.4 Å². The van der Waals surface area contributed by atoms with Crippen LogP contribution < -0.4 is 5.32 Å². The summed E-state index contributed by atoms with van der Waals surface area (Å²) in [6.07, 6.45) is 1.03. The molecule has 0 unspecified atom stereocenters. The molecule has 1 heterocycles. The Morgan fingerprint density at radius 3 is 1.43 bits per heavy atom. The molecule has 0 spiro atoms. The number of hydrogen-bond acceptors (Lipinski definition) is 18. The van der Waals surface area contributed by atoms with Gasteiger partial charge in [0.05, 0.1) is 28.5 Å². The minimum Gasteiger partial charge on any atom is -0.353 e. The maximum absolute atomic E-state index is 12.1. The number of nitrogens with one attached hydrogen (secondary N) is 1. The van der Waals surface area contributed by atoms with Crippen molar-refractivity contribution >= 4 is 82.1 Å². The predicted molar refractivity (Wildman–Crippen MR) is 212 cm³/mol. The highest BCUT2D eigenvalue weighted by Crippen LogP contribution is 2.34. The molecule has 0 aliphatic rings. The van der Waals surface area contributed by atoms with Crippen LogP contribution >= 0.6 is 0 Å². The first-order valence-corrected chi connectivity index (χ1v) is 21.4. The van der Waals surface area contributed by atoms with E-state index in [9.17, 15) is 34.4 Å². The Morgan fingerprint density at radius 2 is 0.967 bits per heavy atom. The van der Waals surface area contributed by atoms with Crippen LogP contribution in [-0.2, 0) is 62.4 Å². The van der Waals surface area contributed by atoms with Gasteiger partial charge in [-0.3, -0.25) is 13.7 Å². The molecule has 6 aromatic rings. The summed E-state index contributed by atoms with van der Waals surface area (Å²) in [5, 5.41) is 19.1. The second-order valence-electron chi connectivity index (χ2n) is 12.0. The summed E-state index contributed by atoms with van der Waals surface area (Å²) >= 11 is 0. The van der Waals surface area contributed by atoms with Gasteiger partial charge in [0.15, 0.2) is 0 Å². The third-order valence-corrected chi connectivity index (χ3v) is 10.3. The minimum absolute atomic E-state index is 0.110. The molecule has 6 rings (SSSR count). The summed E-state index contributed by atoms with van der Waals surface area (Å²) in [5.74, 6) is 0.293. The van der Waals surface area contributed by atoms with Crippen LogP contribution in [0.4, 0.5) is 28.7 Å². The summed E-state index contributed by atoms with van der Waals surface area (Å²) in [6, 6.07) is 29.1. The highest BCUT2D eigenvalue weighted by molar-refractivity contribution is 7.86. The number of nitrogens with zero attached hydrogens (tertiary/aromatic N) is 7. The zero-order valence-electron chi connectivity index (χ0n) is 31.0. The molecule has 0 amide bonds. The van der Waals surface area contributed by atoms with Gasteiger partial charge in [-0.25, -0.2) is 4.98 Å². The van der Waals surface area contributed by atoms with Crippen LogP contribution in [0.5, 0.6) is 0 Å². The molecule has 0 aliphatic heterocycles. The Balaban J connectivity index is 0.00000129. The van der Waals surface area contributed by atoms with Gasteiger partial charge in [0.25, 0.3) is 30.4 Å². The predicted octanol–water partition coefficient (Wildman–Crippen LogP) is 5.66. The first-order valence-electron chi connectivity index (χ1n) is 16.9. The molecule has 4 N–H and O–H groups in total. The summed E-state index contributed by atoms with van der Waals surface area (Å²) < 4.78 is 99.4. The van der Waals surface area contributed by atoms with Crippen molar-refractivity contribution in [3.63, 3.8) is 0 Å². The third-order valence-electron chi connectivity index (χ3n) is 7.74. The van der Waals surface area contributed by atoms with Crippen molar-refractivity contribution in [2.24, 2.45) is 20.5 Å². The number of hydrogen-bond donors (Lipinski definition) is 4. The summed E-state index contributed by atoms with van der Waals surface area (Å²) in [7, 11) is -13.8. The number of fused-ring (bicyclic) bond motifs is 1. The van der Waals surface area contributed by atoms with Crippen LogP contribution in [0.3, 0.4) is 0 Å². The van der Waals surface area contributed by atoms with E-state index in [2.05, 4.69) is 40.7 Å². The Morgan fingerprint density at radius 1 is 0.508 bits per heavy atom. The van der Waals surface area contributed by atoms with Crippen molar-refractivity contribution in [1.29, 1.82) is 0 Å². The zero-order chi connectivity index (χ0) is 44.6. The van der Waals surface area contributed by atoms with Gasteiger partial charge in [-0.2, -0.15) is 74.9 Å². The number of rotatable bonds is 14. The fraction of sp³-hybridized carbons (Fsp3) is 0.108. The largest absolute Gasteiger partial charge is 0.373 e. The molecule has 0 bridgehead atoms. The van der Waals surface area contributed by atoms with Crippen LogP contribution in [0.25, 0.3) is 10.8 Å². The lowest BCUT2D eigenvalue weighted by Crippen LogP contribution is -2.17. The monoisotopic (exact) mass is 890 g/mol. The fourth-order valence-corrected chi connectivity index (χ4v) is 7.04. The standard InChI is InChI=1S/C35H30N8O9S3.2CO2/c44-53(45,46)18-17-36-35-38-33(19-23-9-13-26(14-10-23)41-40-25-5-2-1-3-6-25)37-34(39-35)20-24-11-15-27(16-12-24)42-43-28-21-30-29(32(22-28)55(50,51)52)7-4-8-31(30)54(47,48)49;2*2-1-3/h1-16,21-22H,17-20H2,(H,44,45,46)(H,47,48,49)(H,50,51,52)(H,36,37,38,39);;. The quantitative estimate of drug-likeness (QED) is 0.0756. The Hall–Kier alpha value is -7.14. The van der Waals surface area contributed by atoms with Crippen molar-refractivity contribution < 1.29 is 58.1 Å². The smallest absolute Gasteiger partial charge is 0.353 e. The molecule has 0 saturated carbocycles. The topological polar surface area (TPSA) is 332 Å². The molecule has 0 fully saturated rings. The molecule has 0 aliphatic carbocycles. The summed E-state index contributed by atoms with van der Waals surface area (Å²) in [5.41, 5.74) is 3.18. The SMILES string of the molecule is O=C=O.O=C=O.O=S(=O)(O)CCNc1nc(Cc2ccc(N=Nc3ccccc3)cc2)nc(Cc2ccc(N=Nc3cc(S(=O)(=O)O)c4cccc(S(=O)(=O)O)c4c3)cc2)n1. The number of anilines is 1. The second-order valence-corrected chi connectivity index (χ2v) is 16.4. The number of azo groups is 2. The van der Waals surface area contributed by atoms with Gasteiger partial charge < -0.3 is 5.32 Å². The maximum Gasteiger partial charge on any atom is 0.373 e. The molecule has 0 radical (unpaired) electrons. The van der Waals surface area contributed by atoms with Crippen LogP contribution in [0, 0.1) is 0 Å². The summed E-state index contributed by atoms with van der Waals surface area (Å²) in [4.78, 5) is 44.8. The molecule has 314 valence electrons. The molecule has 1 aromatic heterocycles. The van der Waals surface area contributed by atoms with E-state index in [-0.39, 0.29) is 47.7 Å². The van der Waals surface area contributed by atoms with E-state index >= 15 is 0 Å². The lowest BCUT2D eigenvalue weighted by Gasteiger charge is -2.09. The molecule has 21 nitrogen and oxygen atoms in total. The first-order chi connectivity index (χ1) is 28.9. The minimum atomic E-state index is -4.83. The van der Waals surface area contributed by atoms with Crippen LogP contribution in [0.15, 0.2) is 139 Å². The molecule has 61 heavy (non-hydrogen) atoms. The van der Waals surface area contributed by atoms with Crippen molar-refractivity contribution in [2.75, 3.05) is 17.6 Å². The second kappa shape index (κ2) is 21.2. The molecular formula is C37H30N8O13S3. The van der Waals surface area contributed by atoms with Crippen LogP contribution in [-0.4, -0.2) is 78.5 Å². The lowest BCUT2D eigenvalue weighted by molar-refractivity contribution is -0.193. The van der Waals surface area contributed by atoms with Crippen LogP contribution in [0.1, 0.15) is 22.8 Å². The summed E-state index contributed by atoms with van der Waals surface area (Å²) in [6.45, 7) is -0.150. The van der Waals surface area contributed by atoms with E-state index in [4.69, 9.17) is 23.7 Å². The first kappa shape index (κ1) is 46.5. The van der Waals surface area contributed by atoms with Crippen molar-refractivity contribution in [1.82, 2.24) is 15.0 Å². The Labute approximate surface area is 346 Å². The number of carbonyl (C=O) groups excluding carboxylic acids is 4. The molecule has 0 atom stereocenters. The van der Waals surface area contributed by atoms with Crippen LogP contribution in [0.2, 0.25) is 0 Å².